The largest absolute Gasteiger partial charge is 0.416 e. The van der Waals surface area contributed by atoms with Gasteiger partial charge in [-0.15, -0.1) is 11.8 Å². The van der Waals surface area contributed by atoms with Gasteiger partial charge in [0.05, 0.1) is 16.1 Å². The maximum atomic E-state index is 14.5. The van der Waals surface area contributed by atoms with Crippen LogP contribution in [0.25, 0.3) is 22.0 Å². The van der Waals surface area contributed by atoms with Crippen LogP contribution in [0.15, 0.2) is 107 Å². The summed E-state index contributed by atoms with van der Waals surface area (Å²) in [4.78, 5) is 31.8. The first-order chi connectivity index (χ1) is 24.0. The van der Waals surface area contributed by atoms with Crippen LogP contribution in [0.5, 0.6) is 0 Å². The maximum Gasteiger partial charge on any atom is 0.416 e. The lowest BCUT2D eigenvalue weighted by molar-refractivity contribution is -0.137. The van der Waals surface area contributed by atoms with E-state index in [9.17, 15) is 31.5 Å². The SMILES string of the molecule is CCN1CCC(N(Cc2ccc(-c3ccc(C(F)(F)F)cc3)cc2)C(=O)Cn2c(SCc3cccc(F)c3F)cc(=O)c3ccccc32)CC1. The number of alkyl halides is 3. The summed E-state index contributed by atoms with van der Waals surface area (Å²) in [5, 5.41) is 0.913. The van der Waals surface area contributed by atoms with E-state index in [2.05, 4.69) is 11.8 Å². The molecule has 4 aromatic carbocycles. The number of amides is 1. The number of hydrogen-bond acceptors (Lipinski definition) is 4. The average Bonchev–Trinajstić information content (AvgIpc) is 3.12. The Bertz CT molecular complexity index is 2020. The molecular formula is C39H36F5N3O2S. The van der Waals surface area contributed by atoms with Crippen LogP contribution in [0.4, 0.5) is 22.0 Å². The number of carbonyl (C=O) groups is 1. The smallest absolute Gasteiger partial charge is 0.334 e. The second-order valence-electron chi connectivity index (χ2n) is 12.4. The molecule has 0 radical (unpaired) electrons. The second kappa shape index (κ2) is 15.2. The fraction of sp³-hybridized carbons (Fsp3) is 0.282. The summed E-state index contributed by atoms with van der Waals surface area (Å²) < 4.78 is 69.5. The third-order valence-corrected chi connectivity index (χ3v) is 10.4. The Morgan fingerprint density at radius 2 is 1.54 bits per heavy atom. The topological polar surface area (TPSA) is 45.5 Å². The Morgan fingerprint density at radius 1 is 0.880 bits per heavy atom. The summed E-state index contributed by atoms with van der Waals surface area (Å²) >= 11 is 1.17. The van der Waals surface area contributed by atoms with Gasteiger partial charge in [-0.1, -0.05) is 67.6 Å². The van der Waals surface area contributed by atoms with Crippen molar-refractivity contribution in [1.82, 2.24) is 14.4 Å². The van der Waals surface area contributed by atoms with E-state index in [1.807, 2.05) is 29.2 Å². The Morgan fingerprint density at radius 3 is 2.20 bits per heavy atom. The molecule has 0 atom stereocenters. The highest BCUT2D eigenvalue weighted by molar-refractivity contribution is 7.98. The number of pyridine rings is 1. The van der Waals surface area contributed by atoms with Gasteiger partial charge in [0.2, 0.25) is 5.91 Å². The summed E-state index contributed by atoms with van der Waals surface area (Å²) in [5.74, 6) is -1.99. The molecule has 5 aromatic rings. The molecule has 5 nitrogen and oxygen atoms in total. The van der Waals surface area contributed by atoms with Crippen LogP contribution >= 0.6 is 11.8 Å². The van der Waals surface area contributed by atoms with Crippen LogP contribution in [-0.4, -0.2) is 46.0 Å². The average molecular weight is 706 g/mol. The van der Waals surface area contributed by atoms with Crippen molar-refractivity contribution >= 4 is 28.6 Å². The number of para-hydroxylation sites is 1. The van der Waals surface area contributed by atoms with E-state index < -0.39 is 23.4 Å². The molecule has 0 unspecified atom stereocenters. The van der Waals surface area contributed by atoms with Gasteiger partial charge in [0, 0.05) is 48.4 Å². The highest BCUT2D eigenvalue weighted by atomic mass is 32.2. The number of carbonyl (C=O) groups excluding carboxylic acids is 1. The zero-order chi connectivity index (χ0) is 35.4. The molecule has 6 rings (SSSR count). The number of nitrogens with zero attached hydrogens (tertiary/aromatic N) is 3. The lowest BCUT2D eigenvalue weighted by Crippen LogP contribution is -2.48. The lowest BCUT2D eigenvalue weighted by Gasteiger charge is -2.38. The zero-order valence-electron chi connectivity index (χ0n) is 27.4. The number of thioether (sulfide) groups is 1. The van der Waals surface area contributed by atoms with E-state index in [1.165, 1.54) is 42.1 Å². The van der Waals surface area contributed by atoms with Crippen molar-refractivity contribution < 1.29 is 26.7 Å². The molecule has 50 heavy (non-hydrogen) atoms. The first-order valence-electron chi connectivity index (χ1n) is 16.5. The van der Waals surface area contributed by atoms with Crippen molar-refractivity contribution in [3.8, 4) is 11.1 Å². The fourth-order valence-corrected chi connectivity index (χ4v) is 7.48. The van der Waals surface area contributed by atoms with Gasteiger partial charge < -0.3 is 14.4 Å². The molecule has 260 valence electrons. The van der Waals surface area contributed by atoms with Gasteiger partial charge in [0.1, 0.15) is 6.54 Å². The quantitative estimate of drug-likeness (QED) is 0.108. The molecular weight excluding hydrogens is 670 g/mol. The molecule has 0 bridgehead atoms. The van der Waals surface area contributed by atoms with Crippen LogP contribution in [-0.2, 0) is 29.8 Å². The molecule has 0 saturated carbocycles. The van der Waals surface area contributed by atoms with Gasteiger partial charge in [-0.2, -0.15) is 13.2 Å². The molecule has 1 amide bonds. The van der Waals surface area contributed by atoms with Crippen molar-refractivity contribution in [2.75, 3.05) is 19.6 Å². The number of likely N-dealkylation sites (tertiary alicyclic amines) is 1. The van der Waals surface area contributed by atoms with E-state index in [-0.39, 0.29) is 35.2 Å². The molecule has 1 aliphatic heterocycles. The zero-order valence-corrected chi connectivity index (χ0v) is 28.2. The predicted octanol–water partition coefficient (Wildman–Crippen LogP) is 8.77. The standard InChI is InChI=1S/C39H36F5N3O2S/c1-2-45-20-18-31(19-21-45)46(23-26-10-12-27(13-11-26)28-14-16-30(17-15-28)39(42,43)44)36(49)24-47-34-9-4-3-7-32(34)35(48)22-37(47)50-25-29-6-5-8-33(40)38(29)41/h3-17,22,31H,2,18-21,23-25H2,1H3. The summed E-state index contributed by atoms with van der Waals surface area (Å²) in [6, 6.07) is 24.9. The second-order valence-corrected chi connectivity index (χ2v) is 13.4. The minimum atomic E-state index is -4.41. The fourth-order valence-electron chi connectivity index (χ4n) is 6.44. The number of fused-ring (bicyclic) bond motifs is 1. The van der Waals surface area contributed by atoms with E-state index in [1.54, 1.807) is 28.8 Å². The molecule has 1 fully saturated rings. The Hall–Kier alpha value is -4.48. The third kappa shape index (κ3) is 7.94. The van der Waals surface area contributed by atoms with Gasteiger partial charge in [-0.3, -0.25) is 9.59 Å². The molecule has 0 aliphatic carbocycles. The molecule has 2 heterocycles. The van der Waals surface area contributed by atoms with Crippen molar-refractivity contribution in [1.29, 1.82) is 0 Å². The summed E-state index contributed by atoms with van der Waals surface area (Å²) in [5.41, 5.74) is 2.05. The maximum absolute atomic E-state index is 14.5. The normalized spacial score (nSPS) is 14.3. The Balaban J connectivity index is 1.29. The first-order valence-corrected chi connectivity index (χ1v) is 17.5. The highest BCUT2D eigenvalue weighted by Crippen LogP contribution is 2.32. The van der Waals surface area contributed by atoms with E-state index in [4.69, 9.17) is 0 Å². The van der Waals surface area contributed by atoms with Gasteiger partial charge >= 0.3 is 6.18 Å². The van der Waals surface area contributed by atoms with E-state index >= 15 is 0 Å². The number of aromatic nitrogens is 1. The summed E-state index contributed by atoms with van der Waals surface area (Å²) in [6.07, 6.45) is -2.84. The summed E-state index contributed by atoms with van der Waals surface area (Å²) in [6.45, 7) is 4.96. The Kier molecular flexibility index (Phi) is 10.7. The highest BCUT2D eigenvalue weighted by Gasteiger charge is 2.30. The third-order valence-electron chi connectivity index (χ3n) is 9.30. The van der Waals surface area contributed by atoms with Gasteiger partial charge in [0.15, 0.2) is 17.1 Å². The molecule has 1 aromatic heterocycles. The van der Waals surface area contributed by atoms with Crippen molar-refractivity contribution in [3.05, 3.63) is 136 Å². The van der Waals surface area contributed by atoms with Crippen molar-refractivity contribution in [3.63, 3.8) is 0 Å². The van der Waals surface area contributed by atoms with Crippen LogP contribution in [0, 0.1) is 11.6 Å². The van der Waals surface area contributed by atoms with Gasteiger partial charge in [-0.25, -0.2) is 8.78 Å². The van der Waals surface area contributed by atoms with Crippen LogP contribution in [0.3, 0.4) is 0 Å². The number of hydrogen-bond donors (Lipinski definition) is 0. The van der Waals surface area contributed by atoms with Crippen LogP contribution in [0.1, 0.15) is 36.5 Å². The molecule has 0 spiro atoms. The van der Waals surface area contributed by atoms with Crippen molar-refractivity contribution in [2.24, 2.45) is 0 Å². The molecule has 0 N–H and O–H groups in total. The first kappa shape index (κ1) is 35.3. The Labute approximate surface area is 291 Å². The predicted molar refractivity (Wildman–Crippen MR) is 187 cm³/mol. The van der Waals surface area contributed by atoms with Gasteiger partial charge in [0.25, 0.3) is 0 Å². The molecule has 11 heteroatoms. The summed E-state index contributed by atoms with van der Waals surface area (Å²) in [7, 11) is 0. The van der Waals surface area contributed by atoms with E-state index in [0.29, 0.717) is 28.0 Å². The number of halogens is 5. The number of benzene rings is 4. The number of rotatable bonds is 10. The lowest BCUT2D eigenvalue weighted by atomic mass is 10.00. The molecule has 1 saturated heterocycles. The monoisotopic (exact) mass is 705 g/mol. The van der Waals surface area contributed by atoms with Crippen LogP contribution < -0.4 is 5.43 Å². The van der Waals surface area contributed by atoms with Crippen molar-refractivity contribution in [2.45, 2.75) is 55.9 Å². The molecule has 1 aliphatic rings. The van der Waals surface area contributed by atoms with Crippen LogP contribution in [0.2, 0.25) is 0 Å². The van der Waals surface area contributed by atoms with E-state index in [0.717, 1.165) is 61.8 Å². The van der Waals surface area contributed by atoms with Gasteiger partial charge in [-0.05, 0) is 66.4 Å². The minimum Gasteiger partial charge on any atom is -0.334 e. The minimum absolute atomic E-state index is 0.0389. The number of piperidine rings is 1.